The number of carbonyl (C=O) groups excluding carboxylic acids is 1. The highest BCUT2D eigenvalue weighted by atomic mass is 32.2. The van der Waals surface area contributed by atoms with Gasteiger partial charge in [-0.2, -0.15) is 0 Å². The number of hydrogen-bond acceptors (Lipinski definition) is 7. The Bertz CT molecular complexity index is 870. The van der Waals surface area contributed by atoms with Crippen molar-refractivity contribution in [1.82, 2.24) is 19.7 Å². The van der Waals surface area contributed by atoms with Crippen molar-refractivity contribution in [2.24, 2.45) is 5.92 Å². The van der Waals surface area contributed by atoms with E-state index in [-0.39, 0.29) is 11.2 Å². The average Bonchev–Trinajstić information content (AvgIpc) is 3.30. The molecule has 1 N–H and O–H groups in total. The van der Waals surface area contributed by atoms with Crippen LogP contribution in [-0.2, 0) is 11.3 Å². The number of anilines is 1. The van der Waals surface area contributed by atoms with E-state index in [9.17, 15) is 4.79 Å². The largest absolute Gasteiger partial charge is 0.461 e. The van der Waals surface area contributed by atoms with Crippen LogP contribution in [0, 0.1) is 12.8 Å². The second kappa shape index (κ2) is 8.05. The monoisotopic (exact) mass is 391 g/mol. The van der Waals surface area contributed by atoms with Crippen molar-refractivity contribution in [3.8, 4) is 11.6 Å². The van der Waals surface area contributed by atoms with Gasteiger partial charge in [0.2, 0.25) is 5.91 Å². The zero-order valence-corrected chi connectivity index (χ0v) is 16.7. The number of aryl methyl sites for hydroxylation is 1. The molecule has 0 spiro atoms. The molecule has 0 aliphatic carbocycles. The van der Waals surface area contributed by atoms with E-state index in [1.807, 2.05) is 35.9 Å². The molecule has 0 bridgehead atoms. The first-order chi connectivity index (χ1) is 12.4. The van der Waals surface area contributed by atoms with E-state index in [2.05, 4.69) is 34.3 Å². The molecule has 3 aromatic rings. The fraction of sp³-hybridized carbons (Fsp3) is 0.412. The summed E-state index contributed by atoms with van der Waals surface area (Å²) in [5.41, 5.74) is 0.894. The molecule has 0 aliphatic heterocycles. The molecule has 3 heterocycles. The zero-order chi connectivity index (χ0) is 18.7. The number of thiazole rings is 1. The van der Waals surface area contributed by atoms with Gasteiger partial charge in [0.25, 0.3) is 0 Å². The maximum absolute atomic E-state index is 12.5. The van der Waals surface area contributed by atoms with Gasteiger partial charge in [-0.1, -0.05) is 25.6 Å². The van der Waals surface area contributed by atoms with Crippen molar-refractivity contribution in [3.63, 3.8) is 0 Å². The molecule has 3 aromatic heterocycles. The highest BCUT2D eigenvalue weighted by Crippen LogP contribution is 2.28. The Morgan fingerprint density at radius 2 is 2.19 bits per heavy atom. The normalized spacial score (nSPS) is 12.5. The Balaban J connectivity index is 1.76. The van der Waals surface area contributed by atoms with Crippen LogP contribution in [0.1, 0.15) is 26.5 Å². The summed E-state index contributed by atoms with van der Waals surface area (Å²) in [7, 11) is 0. The van der Waals surface area contributed by atoms with E-state index in [0.717, 1.165) is 12.2 Å². The number of carbonyl (C=O) groups is 1. The average molecular weight is 392 g/mol. The van der Waals surface area contributed by atoms with Gasteiger partial charge in [-0.15, -0.1) is 21.5 Å². The van der Waals surface area contributed by atoms with Crippen LogP contribution in [0.25, 0.3) is 11.6 Å². The van der Waals surface area contributed by atoms with Gasteiger partial charge in [-0.05, 0) is 31.9 Å². The molecule has 0 aliphatic rings. The lowest BCUT2D eigenvalue weighted by atomic mass is 10.2. The minimum absolute atomic E-state index is 0.108. The Morgan fingerprint density at radius 3 is 2.81 bits per heavy atom. The smallest absolute Gasteiger partial charge is 0.239 e. The standard InChI is InChI=1S/C17H21N5O2S2/c1-10(2)8-22-14(13-6-5-7-24-13)20-21-17(22)26-12(4)15(23)19-16-18-11(3)9-25-16/h5-7,9-10,12H,8H2,1-4H3,(H,18,19,23)/t12-/m0/s1. The first-order valence-corrected chi connectivity index (χ1v) is 10.1. The van der Waals surface area contributed by atoms with E-state index >= 15 is 0 Å². The number of nitrogens with zero attached hydrogens (tertiary/aromatic N) is 4. The number of thioether (sulfide) groups is 1. The van der Waals surface area contributed by atoms with Crippen molar-refractivity contribution >= 4 is 34.1 Å². The van der Waals surface area contributed by atoms with Crippen LogP contribution >= 0.6 is 23.1 Å². The topological polar surface area (TPSA) is 85.8 Å². The summed E-state index contributed by atoms with van der Waals surface area (Å²) < 4.78 is 7.48. The van der Waals surface area contributed by atoms with Crippen LogP contribution in [0.5, 0.6) is 0 Å². The minimum Gasteiger partial charge on any atom is -0.461 e. The summed E-state index contributed by atoms with van der Waals surface area (Å²) in [5, 5.41) is 14.3. The van der Waals surface area contributed by atoms with Crippen molar-refractivity contribution in [1.29, 1.82) is 0 Å². The van der Waals surface area contributed by atoms with Gasteiger partial charge in [0.15, 0.2) is 21.9 Å². The predicted octanol–water partition coefficient (Wildman–Crippen LogP) is 4.08. The van der Waals surface area contributed by atoms with Gasteiger partial charge >= 0.3 is 0 Å². The van der Waals surface area contributed by atoms with Crippen molar-refractivity contribution < 1.29 is 9.21 Å². The lowest BCUT2D eigenvalue weighted by Gasteiger charge is -2.14. The molecule has 3 rings (SSSR count). The Morgan fingerprint density at radius 1 is 1.38 bits per heavy atom. The fourth-order valence-electron chi connectivity index (χ4n) is 2.32. The van der Waals surface area contributed by atoms with Crippen LogP contribution in [-0.4, -0.2) is 30.9 Å². The van der Waals surface area contributed by atoms with Gasteiger partial charge in [-0.3, -0.25) is 9.36 Å². The number of rotatable bonds is 7. The van der Waals surface area contributed by atoms with Crippen LogP contribution in [0.4, 0.5) is 5.13 Å². The first kappa shape index (κ1) is 18.7. The van der Waals surface area contributed by atoms with Crippen molar-refractivity contribution in [2.45, 2.75) is 44.6 Å². The molecule has 138 valence electrons. The number of hydrogen-bond donors (Lipinski definition) is 1. The van der Waals surface area contributed by atoms with Crippen molar-refractivity contribution in [2.75, 3.05) is 5.32 Å². The lowest BCUT2D eigenvalue weighted by Crippen LogP contribution is -2.23. The Kier molecular flexibility index (Phi) is 5.77. The molecule has 1 amide bonds. The maximum Gasteiger partial charge on any atom is 0.239 e. The number of nitrogens with one attached hydrogen (secondary N) is 1. The summed E-state index contributed by atoms with van der Waals surface area (Å²) >= 11 is 2.79. The van der Waals surface area contributed by atoms with Crippen LogP contribution < -0.4 is 5.32 Å². The maximum atomic E-state index is 12.5. The molecule has 7 nitrogen and oxygen atoms in total. The molecule has 1 atom stereocenters. The third-order valence-electron chi connectivity index (χ3n) is 3.51. The highest BCUT2D eigenvalue weighted by molar-refractivity contribution is 8.00. The van der Waals surface area contributed by atoms with Gasteiger partial charge in [0.05, 0.1) is 17.2 Å². The molecule has 26 heavy (non-hydrogen) atoms. The molecule has 0 aromatic carbocycles. The fourth-order valence-corrected chi connectivity index (χ4v) is 3.87. The van der Waals surface area contributed by atoms with Crippen molar-refractivity contribution in [3.05, 3.63) is 29.5 Å². The SMILES string of the molecule is Cc1csc(NC(=O)[C@H](C)Sc2nnc(-c3ccco3)n2CC(C)C)n1. The van der Waals surface area contributed by atoms with E-state index in [1.165, 1.54) is 23.1 Å². The third-order valence-corrected chi connectivity index (χ3v) is 5.46. The Labute approximate surface area is 160 Å². The van der Waals surface area contributed by atoms with Crippen LogP contribution in [0.2, 0.25) is 0 Å². The molecule has 0 unspecified atom stereocenters. The zero-order valence-electron chi connectivity index (χ0n) is 15.1. The van der Waals surface area contributed by atoms with E-state index < -0.39 is 0 Å². The Hall–Kier alpha value is -2.13. The second-order valence-electron chi connectivity index (χ2n) is 6.33. The van der Waals surface area contributed by atoms with Gasteiger partial charge in [-0.25, -0.2) is 4.98 Å². The summed E-state index contributed by atoms with van der Waals surface area (Å²) in [6.07, 6.45) is 1.61. The molecular formula is C17H21N5O2S2. The molecule has 0 fully saturated rings. The third kappa shape index (κ3) is 4.34. The minimum atomic E-state index is -0.334. The predicted molar refractivity (Wildman–Crippen MR) is 103 cm³/mol. The second-order valence-corrected chi connectivity index (χ2v) is 8.50. The number of amides is 1. The summed E-state index contributed by atoms with van der Waals surface area (Å²) in [6.45, 7) is 8.74. The molecule has 9 heteroatoms. The van der Waals surface area contributed by atoms with Gasteiger partial charge < -0.3 is 9.73 Å². The molecule has 0 radical (unpaired) electrons. The molecule has 0 saturated carbocycles. The van der Waals surface area contributed by atoms with Gasteiger partial charge in [0.1, 0.15) is 0 Å². The number of aromatic nitrogens is 4. The van der Waals surface area contributed by atoms with Gasteiger partial charge in [0, 0.05) is 11.9 Å². The lowest BCUT2D eigenvalue weighted by molar-refractivity contribution is -0.115. The summed E-state index contributed by atoms with van der Waals surface area (Å²) in [5.74, 6) is 1.64. The van der Waals surface area contributed by atoms with E-state index in [4.69, 9.17) is 4.42 Å². The molecule has 0 saturated heterocycles. The summed E-state index contributed by atoms with van der Waals surface area (Å²) in [4.78, 5) is 16.7. The highest BCUT2D eigenvalue weighted by Gasteiger charge is 2.22. The number of furan rings is 1. The van der Waals surface area contributed by atoms with E-state index in [0.29, 0.717) is 27.8 Å². The first-order valence-electron chi connectivity index (χ1n) is 8.30. The van der Waals surface area contributed by atoms with E-state index in [1.54, 1.807) is 6.26 Å². The van der Waals surface area contributed by atoms with Crippen LogP contribution in [0.3, 0.4) is 0 Å². The molecular weight excluding hydrogens is 370 g/mol. The van der Waals surface area contributed by atoms with Crippen LogP contribution in [0.15, 0.2) is 33.3 Å². The summed E-state index contributed by atoms with van der Waals surface area (Å²) in [6, 6.07) is 3.68. The quantitative estimate of drug-likeness (QED) is 0.611.